The van der Waals surface area contributed by atoms with E-state index in [2.05, 4.69) is 10.1 Å². The fourth-order valence-corrected chi connectivity index (χ4v) is 2.30. The molecule has 0 spiro atoms. The molecule has 0 radical (unpaired) electrons. The van der Waals surface area contributed by atoms with Crippen molar-refractivity contribution in [1.82, 2.24) is 0 Å². The van der Waals surface area contributed by atoms with Crippen molar-refractivity contribution in [2.75, 3.05) is 11.9 Å². The Morgan fingerprint density at radius 1 is 1.43 bits per heavy atom. The zero-order valence-electron chi connectivity index (χ0n) is 12.2. The number of anilines is 1. The quantitative estimate of drug-likeness (QED) is 0.838. The molecule has 1 unspecified atom stereocenters. The number of hydrogen-bond donors (Lipinski definition) is 1. The van der Waals surface area contributed by atoms with E-state index < -0.39 is 12.8 Å². The second-order valence-electron chi connectivity index (χ2n) is 5.24. The Kier molecular flexibility index (Phi) is 5.27. The summed E-state index contributed by atoms with van der Waals surface area (Å²) in [6.45, 7) is -1.47. The van der Waals surface area contributed by atoms with Crippen LogP contribution < -0.4 is 10.1 Å². The van der Waals surface area contributed by atoms with E-state index in [1.54, 1.807) is 6.07 Å². The standard InChI is InChI=1S/C16H15F3N2O2/c17-16(18,19)10-23-14-6-5-13(8-12(14)9-20)21-15(22)7-11-3-1-2-4-11/h1,3,5-6,8,11H,2,4,7,10H2,(H,21,22). The first-order valence-corrected chi connectivity index (χ1v) is 7.07. The smallest absolute Gasteiger partial charge is 0.422 e. The summed E-state index contributed by atoms with van der Waals surface area (Å²) in [6.07, 6.45) is 1.77. The number of amides is 1. The van der Waals surface area contributed by atoms with Gasteiger partial charge < -0.3 is 10.1 Å². The third kappa shape index (κ3) is 5.33. The van der Waals surface area contributed by atoms with Gasteiger partial charge in [0.2, 0.25) is 5.91 Å². The molecule has 2 rings (SSSR count). The normalized spacial score (nSPS) is 16.9. The largest absolute Gasteiger partial charge is 0.483 e. The van der Waals surface area contributed by atoms with Gasteiger partial charge in [0.05, 0.1) is 5.56 Å². The number of halogens is 3. The Bertz CT molecular complexity index is 648. The molecular weight excluding hydrogens is 309 g/mol. The number of nitrogens with zero attached hydrogens (tertiary/aromatic N) is 1. The molecule has 0 fully saturated rings. The van der Waals surface area contributed by atoms with Gasteiger partial charge in [-0.15, -0.1) is 0 Å². The summed E-state index contributed by atoms with van der Waals surface area (Å²) < 4.78 is 41.0. The maximum Gasteiger partial charge on any atom is 0.422 e. The molecule has 1 atom stereocenters. The second kappa shape index (κ2) is 7.18. The van der Waals surface area contributed by atoms with Crippen LogP contribution in [-0.2, 0) is 4.79 Å². The molecule has 122 valence electrons. The lowest BCUT2D eigenvalue weighted by atomic mass is 10.0. The molecule has 0 aromatic heterocycles. The third-order valence-corrected chi connectivity index (χ3v) is 3.34. The van der Waals surface area contributed by atoms with Crippen LogP contribution in [0.15, 0.2) is 30.4 Å². The lowest BCUT2D eigenvalue weighted by Gasteiger charge is -2.12. The van der Waals surface area contributed by atoms with Gasteiger partial charge >= 0.3 is 6.18 Å². The monoisotopic (exact) mass is 324 g/mol. The molecule has 1 aromatic carbocycles. The molecular formula is C16H15F3N2O2. The molecule has 0 saturated heterocycles. The average Bonchev–Trinajstić information content (AvgIpc) is 2.97. The lowest BCUT2D eigenvalue weighted by Crippen LogP contribution is -2.19. The van der Waals surface area contributed by atoms with Crippen LogP contribution in [0.5, 0.6) is 5.75 Å². The summed E-state index contributed by atoms with van der Waals surface area (Å²) in [7, 11) is 0. The van der Waals surface area contributed by atoms with Crippen LogP contribution in [0, 0.1) is 17.2 Å². The molecule has 0 aliphatic heterocycles. The zero-order chi connectivity index (χ0) is 16.9. The van der Waals surface area contributed by atoms with E-state index in [1.807, 2.05) is 12.2 Å². The minimum atomic E-state index is -4.48. The molecule has 1 N–H and O–H groups in total. The summed E-state index contributed by atoms with van der Waals surface area (Å²) in [5, 5.41) is 11.6. The molecule has 0 saturated carbocycles. The Labute approximate surface area is 131 Å². The Morgan fingerprint density at radius 3 is 2.83 bits per heavy atom. The summed E-state index contributed by atoms with van der Waals surface area (Å²) >= 11 is 0. The molecule has 1 amide bonds. The Morgan fingerprint density at radius 2 is 2.22 bits per heavy atom. The number of carbonyl (C=O) groups excluding carboxylic acids is 1. The first-order valence-electron chi connectivity index (χ1n) is 7.07. The predicted octanol–water partition coefficient (Wildman–Crippen LogP) is 3.79. The number of nitriles is 1. The van der Waals surface area contributed by atoms with Crippen LogP contribution in [-0.4, -0.2) is 18.7 Å². The molecule has 7 heteroatoms. The number of ether oxygens (including phenoxy) is 1. The summed E-state index contributed by atoms with van der Waals surface area (Å²) in [5.41, 5.74) is 0.292. The highest BCUT2D eigenvalue weighted by Gasteiger charge is 2.28. The van der Waals surface area contributed by atoms with Gasteiger partial charge in [-0.3, -0.25) is 4.79 Å². The number of alkyl halides is 3. The van der Waals surface area contributed by atoms with Gasteiger partial charge in [0.25, 0.3) is 0 Å². The van der Waals surface area contributed by atoms with Gasteiger partial charge in [0, 0.05) is 12.1 Å². The minimum absolute atomic E-state index is 0.0622. The van der Waals surface area contributed by atoms with Crippen LogP contribution >= 0.6 is 0 Å². The van der Waals surface area contributed by atoms with Crippen LogP contribution in [0.3, 0.4) is 0 Å². The van der Waals surface area contributed by atoms with E-state index in [0.29, 0.717) is 12.1 Å². The van der Waals surface area contributed by atoms with Gasteiger partial charge in [-0.2, -0.15) is 18.4 Å². The van der Waals surface area contributed by atoms with Gasteiger partial charge in [-0.1, -0.05) is 12.2 Å². The molecule has 1 aliphatic rings. The lowest BCUT2D eigenvalue weighted by molar-refractivity contribution is -0.153. The van der Waals surface area contributed by atoms with Crippen LogP contribution in [0.2, 0.25) is 0 Å². The van der Waals surface area contributed by atoms with E-state index >= 15 is 0 Å². The van der Waals surface area contributed by atoms with Crippen LogP contribution in [0.25, 0.3) is 0 Å². The average molecular weight is 324 g/mol. The van der Waals surface area contributed by atoms with E-state index in [0.717, 1.165) is 12.8 Å². The molecule has 1 aromatic rings. The van der Waals surface area contributed by atoms with Crippen LogP contribution in [0.1, 0.15) is 24.8 Å². The molecule has 0 bridgehead atoms. The first-order chi connectivity index (χ1) is 10.9. The Hall–Kier alpha value is -2.49. The minimum Gasteiger partial charge on any atom is -0.483 e. The van der Waals surface area contributed by atoms with Crippen molar-refractivity contribution < 1.29 is 22.7 Å². The van der Waals surface area contributed by atoms with Crippen molar-refractivity contribution >= 4 is 11.6 Å². The summed E-state index contributed by atoms with van der Waals surface area (Å²) in [6, 6.07) is 5.72. The highest BCUT2D eigenvalue weighted by Crippen LogP contribution is 2.26. The number of benzene rings is 1. The van der Waals surface area contributed by atoms with Crippen molar-refractivity contribution in [2.45, 2.75) is 25.4 Å². The van der Waals surface area contributed by atoms with Gasteiger partial charge in [0.15, 0.2) is 6.61 Å². The number of nitrogens with one attached hydrogen (secondary N) is 1. The number of hydrogen-bond acceptors (Lipinski definition) is 3. The maximum absolute atomic E-state index is 12.2. The predicted molar refractivity (Wildman–Crippen MR) is 77.8 cm³/mol. The topological polar surface area (TPSA) is 62.1 Å². The second-order valence-corrected chi connectivity index (χ2v) is 5.24. The molecule has 0 heterocycles. The van der Waals surface area contributed by atoms with Crippen molar-refractivity contribution in [2.24, 2.45) is 5.92 Å². The zero-order valence-corrected chi connectivity index (χ0v) is 12.2. The summed E-state index contributed by atoms with van der Waals surface area (Å²) in [5.74, 6) is -0.157. The number of carbonyl (C=O) groups is 1. The maximum atomic E-state index is 12.2. The van der Waals surface area contributed by atoms with E-state index in [9.17, 15) is 18.0 Å². The SMILES string of the molecule is N#Cc1cc(NC(=O)CC2C=CCC2)ccc1OCC(F)(F)F. The van der Waals surface area contributed by atoms with Crippen molar-refractivity contribution in [3.05, 3.63) is 35.9 Å². The van der Waals surface area contributed by atoms with Crippen LogP contribution in [0.4, 0.5) is 18.9 Å². The fourth-order valence-electron chi connectivity index (χ4n) is 2.30. The molecule has 23 heavy (non-hydrogen) atoms. The van der Waals surface area contributed by atoms with Gasteiger partial charge in [-0.05, 0) is 37.0 Å². The van der Waals surface area contributed by atoms with Gasteiger partial charge in [0.1, 0.15) is 11.8 Å². The highest BCUT2D eigenvalue weighted by atomic mass is 19.4. The summed E-state index contributed by atoms with van der Waals surface area (Å²) in [4.78, 5) is 11.9. The van der Waals surface area contributed by atoms with Crippen molar-refractivity contribution in [3.8, 4) is 11.8 Å². The Balaban J connectivity index is 1.99. The number of allylic oxidation sites excluding steroid dienone is 2. The third-order valence-electron chi connectivity index (χ3n) is 3.34. The van der Waals surface area contributed by atoms with E-state index in [1.165, 1.54) is 18.2 Å². The van der Waals surface area contributed by atoms with Crippen molar-refractivity contribution in [3.63, 3.8) is 0 Å². The van der Waals surface area contributed by atoms with Gasteiger partial charge in [-0.25, -0.2) is 0 Å². The molecule has 1 aliphatic carbocycles. The van der Waals surface area contributed by atoms with Crippen molar-refractivity contribution in [1.29, 1.82) is 5.26 Å². The molecule has 4 nitrogen and oxygen atoms in total. The highest BCUT2D eigenvalue weighted by molar-refractivity contribution is 5.91. The first kappa shape index (κ1) is 16.9. The number of rotatable bonds is 5. The van der Waals surface area contributed by atoms with E-state index in [-0.39, 0.29) is 23.1 Å². The fraction of sp³-hybridized carbons (Fsp3) is 0.375. The van der Waals surface area contributed by atoms with E-state index in [4.69, 9.17) is 5.26 Å².